The molecule has 1 aliphatic heterocycles. The molecule has 6 nitrogen and oxygen atoms in total. The van der Waals surface area contributed by atoms with Crippen molar-refractivity contribution in [1.82, 2.24) is 14.1 Å². The molecule has 1 fully saturated rings. The minimum atomic E-state index is -0.194. The number of hydrogen-bond acceptors (Lipinski definition) is 6. The summed E-state index contributed by atoms with van der Waals surface area (Å²) < 4.78 is 13.1. The van der Waals surface area contributed by atoms with Crippen molar-refractivity contribution in [3.05, 3.63) is 41.7 Å². The minimum absolute atomic E-state index is 0.194. The highest BCUT2D eigenvalue weighted by Gasteiger charge is 2.11. The van der Waals surface area contributed by atoms with Crippen LogP contribution in [0.4, 0.5) is 5.69 Å². The molecule has 21 heavy (non-hydrogen) atoms. The predicted octanol–water partition coefficient (Wildman–Crippen LogP) is 1.30. The molecule has 1 aromatic heterocycles. The molecule has 1 N–H and O–H groups in total. The fraction of sp³-hybridized carbons (Fsp3) is 0.357. The topological polar surface area (TPSA) is 67.4 Å². The molecule has 0 radical (unpaired) electrons. The van der Waals surface area contributed by atoms with E-state index in [-0.39, 0.29) is 5.91 Å². The third kappa shape index (κ3) is 3.56. The van der Waals surface area contributed by atoms with Crippen molar-refractivity contribution in [2.45, 2.75) is 6.54 Å². The Hall–Kier alpha value is -1.99. The van der Waals surface area contributed by atoms with E-state index in [4.69, 9.17) is 4.74 Å². The molecule has 2 aromatic rings. The number of anilines is 1. The van der Waals surface area contributed by atoms with Crippen molar-refractivity contribution in [3.63, 3.8) is 0 Å². The lowest BCUT2D eigenvalue weighted by molar-refractivity contribution is 0.0947. The fourth-order valence-corrected chi connectivity index (χ4v) is 2.60. The Morgan fingerprint density at radius 2 is 2.05 bits per heavy atom. The van der Waals surface area contributed by atoms with Crippen molar-refractivity contribution < 1.29 is 9.53 Å². The molecule has 7 heteroatoms. The number of carbonyl (C=O) groups is 1. The zero-order chi connectivity index (χ0) is 14.5. The first-order valence-corrected chi connectivity index (χ1v) is 7.53. The maximum absolute atomic E-state index is 11.8. The van der Waals surface area contributed by atoms with Crippen LogP contribution in [0.5, 0.6) is 0 Å². The second kappa shape index (κ2) is 6.64. The van der Waals surface area contributed by atoms with Gasteiger partial charge in [-0.1, -0.05) is 12.1 Å². The summed E-state index contributed by atoms with van der Waals surface area (Å²) in [4.78, 5) is 14.1. The molecule has 0 spiro atoms. The number of benzene rings is 1. The molecule has 0 unspecified atom stereocenters. The summed E-state index contributed by atoms with van der Waals surface area (Å²) in [5.74, 6) is -0.194. The van der Waals surface area contributed by atoms with Gasteiger partial charge in [-0.05, 0) is 17.7 Å². The van der Waals surface area contributed by atoms with Crippen molar-refractivity contribution in [3.8, 4) is 0 Å². The van der Waals surface area contributed by atoms with Gasteiger partial charge in [-0.15, -0.1) is 0 Å². The Morgan fingerprint density at radius 3 is 2.71 bits per heavy atom. The van der Waals surface area contributed by atoms with E-state index in [1.54, 1.807) is 0 Å². The van der Waals surface area contributed by atoms with Crippen LogP contribution in [0.15, 0.2) is 30.5 Å². The maximum atomic E-state index is 11.8. The van der Waals surface area contributed by atoms with Crippen LogP contribution in [0.2, 0.25) is 0 Å². The van der Waals surface area contributed by atoms with Crippen LogP contribution >= 0.6 is 11.7 Å². The molecule has 0 aliphatic carbocycles. The Kier molecular flexibility index (Phi) is 4.42. The number of ether oxygens (including phenoxy) is 1. The lowest BCUT2D eigenvalue weighted by Gasteiger charge is -2.28. The van der Waals surface area contributed by atoms with Gasteiger partial charge < -0.3 is 15.0 Å². The van der Waals surface area contributed by atoms with Crippen LogP contribution in [-0.2, 0) is 11.3 Å². The van der Waals surface area contributed by atoms with Gasteiger partial charge in [0, 0.05) is 25.3 Å². The van der Waals surface area contributed by atoms with Crippen LogP contribution in [0.1, 0.15) is 16.1 Å². The van der Waals surface area contributed by atoms with Crippen molar-refractivity contribution in [1.29, 1.82) is 0 Å². The second-order valence-corrected chi connectivity index (χ2v) is 5.30. The highest BCUT2D eigenvalue weighted by Crippen LogP contribution is 2.16. The molecule has 1 aliphatic rings. The minimum Gasteiger partial charge on any atom is -0.378 e. The third-order valence-electron chi connectivity index (χ3n) is 3.36. The number of nitrogens with one attached hydrogen (secondary N) is 1. The van der Waals surface area contributed by atoms with Crippen LogP contribution < -0.4 is 10.2 Å². The number of amides is 1. The average molecular weight is 304 g/mol. The molecule has 110 valence electrons. The first-order valence-electron chi connectivity index (χ1n) is 6.80. The molecule has 3 rings (SSSR count). The van der Waals surface area contributed by atoms with E-state index < -0.39 is 0 Å². The molecule has 0 bridgehead atoms. The van der Waals surface area contributed by atoms with E-state index >= 15 is 0 Å². The molecular weight excluding hydrogens is 288 g/mol. The molecule has 2 heterocycles. The van der Waals surface area contributed by atoms with Gasteiger partial charge in [0.1, 0.15) is 0 Å². The molecule has 0 atom stereocenters. The normalized spacial score (nSPS) is 15.0. The van der Waals surface area contributed by atoms with Crippen molar-refractivity contribution in [2.75, 3.05) is 31.2 Å². The third-order valence-corrected chi connectivity index (χ3v) is 3.84. The molecule has 1 amide bonds. The van der Waals surface area contributed by atoms with Gasteiger partial charge in [-0.2, -0.15) is 8.75 Å². The largest absolute Gasteiger partial charge is 0.378 e. The van der Waals surface area contributed by atoms with Gasteiger partial charge in [0.05, 0.1) is 31.1 Å². The smallest absolute Gasteiger partial charge is 0.272 e. The van der Waals surface area contributed by atoms with Gasteiger partial charge in [0.15, 0.2) is 5.69 Å². The van der Waals surface area contributed by atoms with E-state index in [0.717, 1.165) is 43.6 Å². The van der Waals surface area contributed by atoms with Gasteiger partial charge in [-0.25, -0.2) is 0 Å². The first-order chi connectivity index (χ1) is 10.3. The average Bonchev–Trinajstić information content (AvgIpc) is 3.08. The number of morpholine rings is 1. The van der Waals surface area contributed by atoms with E-state index in [9.17, 15) is 4.79 Å². The maximum Gasteiger partial charge on any atom is 0.272 e. The standard InChI is InChI=1S/C14H16N4O2S/c19-14(13-10-16-21-17-13)15-9-11-1-3-12(4-2-11)18-5-7-20-8-6-18/h1-4,10H,5-9H2,(H,15,19). The zero-order valence-electron chi connectivity index (χ0n) is 11.5. The van der Waals surface area contributed by atoms with E-state index in [1.807, 2.05) is 12.1 Å². The summed E-state index contributed by atoms with van der Waals surface area (Å²) in [7, 11) is 0. The van der Waals surface area contributed by atoms with Crippen LogP contribution in [0.3, 0.4) is 0 Å². The van der Waals surface area contributed by atoms with Crippen molar-refractivity contribution >= 4 is 23.3 Å². The quantitative estimate of drug-likeness (QED) is 0.922. The lowest BCUT2D eigenvalue weighted by atomic mass is 10.2. The van der Waals surface area contributed by atoms with Crippen LogP contribution in [-0.4, -0.2) is 41.0 Å². The number of aromatic nitrogens is 2. The molecule has 1 saturated heterocycles. The monoisotopic (exact) mass is 304 g/mol. The molecule has 0 saturated carbocycles. The Balaban J connectivity index is 1.55. The SMILES string of the molecule is O=C(NCc1ccc(N2CCOCC2)cc1)c1cnsn1. The Bertz CT molecular complexity index is 580. The van der Waals surface area contributed by atoms with Crippen molar-refractivity contribution in [2.24, 2.45) is 0 Å². The van der Waals surface area contributed by atoms with Gasteiger partial charge in [0.25, 0.3) is 5.91 Å². The first kappa shape index (κ1) is 14.0. The summed E-state index contributed by atoms with van der Waals surface area (Å²) >= 11 is 1.03. The number of nitrogens with zero attached hydrogens (tertiary/aromatic N) is 3. The summed E-state index contributed by atoms with van der Waals surface area (Å²) in [6.07, 6.45) is 1.47. The highest BCUT2D eigenvalue weighted by atomic mass is 32.1. The van der Waals surface area contributed by atoms with E-state index in [0.29, 0.717) is 12.2 Å². The van der Waals surface area contributed by atoms with E-state index in [1.165, 1.54) is 11.9 Å². The van der Waals surface area contributed by atoms with Crippen LogP contribution in [0.25, 0.3) is 0 Å². The fourth-order valence-electron chi connectivity index (χ4n) is 2.18. The van der Waals surface area contributed by atoms with Crippen LogP contribution in [0, 0.1) is 0 Å². The second-order valence-electron chi connectivity index (χ2n) is 4.74. The predicted molar refractivity (Wildman–Crippen MR) is 80.6 cm³/mol. The Morgan fingerprint density at radius 1 is 1.29 bits per heavy atom. The van der Waals surface area contributed by atoms with Gasteiger partial charge in [0.2, 0.25) is 0 Å². The molecular formula is C14H16N4O2S. The summed E-state index contributed by atoms with van der Waals surface area (Å²) in [5.41, 5.74) is 2.62. The summed E-state index contributed by atoms with van der Waals surface area (Å²) in [5, 5.41) is 2.83. The molecule has 1 aromatic carbocycles. The lowest BCUT2D eigenvalue weighted by Crippen LogP contribution is -2.36. The van der Waals surface area contributed by atoms with E-state index in [2.05, 4.69) is 31.1 Å². The number of carbonyl (C=O) groups excluding carboxylic acids is 1. The van der Waals surface area contributed by atoms with Gasteiger partial charge in [-0.3, -0.25) is 4.79 Å². The number of rotatable bonds is 4. The summed E-state index contributed by atoms with van der Waals surface area (Å²) in [6.45, 7) is 3.89. The highest BCUT2D eigenvalue weighted by molar-refractivity contribution is 6.99. The van der Waals surface area contributed by atoms with Gasteiger partial charge >= 0.3 is 0 Å². The summed E-state index contributed by atoms with van der Waals surface area (Å²) in [6, 6.07) is 8.23. The zero-order valence-corrected chi connectivity index (χ0v) is 12.3. The Labute approximate surface area is 127 Å². The number of hydrogen-bond donors (Lipinski definition) is 1.